The van der Waals surface area contributed by atoms with Gasteiger partial charge in [-0.2, -0.15) is 0 Å². The molecule has 0 unspecified atom stereocenters. The molecule has 1 fully saturated rings. The van der Waals surface area contributed by atoms with Crippen molar-refractivity contribution in [3.63, 3.8) is 0 Å². The smallest absolute Gasteiger partial charge is 0.226 e. The van der Waals surface area contributed by atoms with Crippen LogP contribution in [0.1, 0.15) is 30.0 Å². The molecule has 1 aliphatic rings. The molecule has 1 atom stereocenters. The first-order chi connectivity index (χ1) is 16.7. The quantitative estimate of drug-likeness (QED) is 0.450. The van der Waals surface area contributed by atoms with Crippen LogP contribution in [-0.4, -0.2) is 44.2 Å². The van der Waals surface area contributed by atoms with Gasteiger partial charge >= 0.3 is 0 Å². The van der Waals surface area contributed by atoms with Crippen molar-refractivity contribution in [2.45, 2.75) is 18.9 Å². The van der Waals surface area contributed by atoms with Gasteiger partial charge in [-0.1, -0.05) is 60.1 Å². The number of ether oxygens (including phenoxy) is 2. The van der Waals surface area contributed by atoms with Crippen LogP contribution in [0.4, 0.5) is 0 Å². The summed E-state index contributed by atoms with van der Waals surface area (Å²) in [4.78, 5) is 15.9. The Morgan fingerprint density at radius 1 is 1.00 bits per heavy atom. The highest BCUT2D eigenvalue weighted by molar-refractivity contribution is 6.30. The molecule has 6 heteroatoms. The maximum absolute atomic E-state index is 14.0. The van der Waals surface area contributed by atoms with Crippen LogP contribution in [0.25, 0.3) is 0 Å². The molecular weight excluding hydrogens is 448 g/mol. The minimum absolute atomic E-state index is 0.0255. The average Bonchev–Trinajstić information content (AvgIpc) is 2.90. The zero-order chi connectivity index (χ0) is 23.8. The molecule has 5 nitrogen and oxygen atoms in total. The number of nitrogens with one attached hydrogen (secondary N) is 1. The molecule has 0 aliphatic carbocycles. The van der Waals surface area contributed by atoms with Crippen LogP contribution in [-0.2, 0) is 4.79 Å². The SMILES string of the molecule is COc1ccccc1[C@H](c1ccc(Cl)cc1)N(CCOc1ccccc1)C(=O)C1CCNCC1. The Hall–Kier alpha value is -3.02. The fourth-order valence-corrected chi connectivity index (χ4v) is 4.64. The first-order valence-corrected chi connectivity index (χ1v) is 12.1. The van der Waals surface area contributed by atoms with Crippen LogP contribution in [0.3, 0.4) is 0 Å². The zero-order valence-electron chi connectivity index (χ0n) is 19.5. The Kier molecular flexibility index (Phi) is 8.45. The van der Waals surface area contributed by atoms with E-state index in [9.17, 15) is 4.79 Å². The van der Waals surface area contributed by atoms with Gasteiger partial charge in [-0.25, -0.2) is 0 Å². The summed E-state index contributed by atoms with van der Waals surface area (Å²) in [6.45, 7) is 2.54. The molecule has 1 heterocycles. The summed E-state index contributed by atoms with van der Waals surface area (Å²) in [5.41, 5.74) is 1.92. The van der Waals surface area contributed by atoms with E-state index in [2.05, 4.69) is 5.32 Å². The zero-order valence-corrected chi connectivity index (χ0v) is 20.2. The number of para-hydroxylation sites is 2. The van der Waals surface area contributed by atoms with E-state index in [4.69, 9.17) is 21.1 Å². The van der Waals surface area contributed by atoms with Gasteiger partial charge in [-0.15, -0.1) is 0 Å². The number of carbonyl (C=O) groups excluding carboxylic acids is 1. The third kappa shape index (κ3) is 5.91. The molecule has 4 rings (SSSR count). The predicted molar refractivity (Wildman–Crippen MR) is 136 cm³/mol. The summed E-state index contributed by atoms with van der Waals surface area (Å²) >= 11 is 6.20. The molecule has 1 N–H and O–H groups in total. The van der Waals surface area contributed by atoms with Crippen molar-refractivity contribution in [2.24, 2.45) is 5.92 Å². The van der Waals surface area contributed by atoms with E-state index in [0.717, 1.165) is 48.6 Å². The number of hydrogen-bond donors (Lipinski definition) is 1. The van der Waals surface area contributed by atoms with Crippen LogP contribution in [0.15, 0.2) is 78.9 Å². The topological polar surface area (TPSA) is 50.8 Å². The second-order valence-corrected chi connectivity index (χ2v) is 8.85. The van der Waals surface area contributed by atoms with Gasteiger partial charge < -0.3 is 19.7 Å². The Labute approximate surface area is 206 Å². The predicted octanol–water partition coefficient (Wildman–Crippen LogP) is 5.35. The van der Waals surface area contributed by atoms with Crippen LogP contribution >= 0.6 is 11.6 Å². The largest absolute Gasteiger partial charge is 0.496 e. The molecule has 3 aromatic rings. The first kappa shape index (κ1) is 24.1. The summed E-state index contributed by atoms with van der Waals surface area (Å²) in [5, 5.41) is 4.02. The summed E-state index contributed by atoms with van der Waals surface area (Å²) < 4.78 is 11.7. The first-order valence-electron chi connectivity index (χ1n) is 11.7. The number of piperidine rings is 1. The van der Waals surface area contributed by atoms with Crippen LogP contribution < -0.4 is 14.8 Å². The van der Waals surface area contributed by atoms with Crippen molar-refractivity contribution in [1.82, 2.24) is 10.2 Å². The van der Waals surface area contributed by atoms with E-state index in [0.29, 0.717) is 18.2 Å². The van der Waals surface area contributed by atoms with Gasteiger partial charge in [0.25, 0.3) is 0 Å². The van der Waals surface area contributed by atoms with Crippen LogP contribution in [0.5, 0.6) is 11.5 Å². The molecule has 3 aromatic carbocycles. The van der Waals surface area contributed by atoms with E-state index < -0.39 is 0 Å². The average molecular weight is 479 g/mol. The van der Waals surface area contributed by atoms with Crippen molar-refractivity contribution >= 4 is 17.5 Å². The Bertz CT molecular complexity index is 1050. The Morgan fingerprint density at radius 2 is 1.68 bits per heavy atom. The molecule has 178 valence electrons. The van der Waals surface area contributed by atoms with Gasteiger partial charge in [0.05, 0.1) is 19.7 Å². The summed E-state index contributed by atoms with van der Waals surface area (Å²) in [5.74, 6) is 1.65. The fourth-order valence-electron chi connectivity index (χ4n) is 4.51. The molecule has 0 saturated carbocycles. The third-order valence-electron chi connectivity index (χ3n) is 6.25. The van der Waals surface area contributed by atoms with Crippen molar-refractivity contribution in [3.05, 3.63) is 95.0 Å². The Morgan fingerprint density at radius 3 is 2.38 bits per heavy atom. The molecule has 1 saturated heterocycles. The minimum Gasteiger partial charge on any atom is -0.496 e. The van der Waals surface area contributed by atoms with Gasteiger partial charge in [0.1, 0.15) is 18.1 Å². The molecule has 0 bridgehead atoms. The molecule has 0 spiro atoms. The number of benzene rings is 3. The lowest BCUT2D eigenvalue weighted by atomic mass is 9.91. The maximum Gasteiger partial charge on any atom is 0.226 e. The van der Waals surface area contributed by atoms with Crippen LogP contribution in [0.2, 0.25) is 5.02 Å². The second-order valence-electron chi connectivity index (χ2n) is 8.41. The van der Waals surface area contributed by atoms with Gasteiger partial charge in [-0.3, -0.25) is 4.79 Å². The normalized spacial score (nSPS) is 14.9. The second kappa shape index (κ2) is 11.9. The summed E-state index contributed by atoms with van der Waals surface area (Å²) in [6, 6.07) is 25.0. The van der Waals surface area contributed by atoms with Gasteiger partial charge in [0.2, 0.25) is 5.91 Å². The maximum atomic E-state index is 14.0. The fraction of sp³-hybridized carbons (Fsp3) is 0.321. The number of hydrogen-bond acceptors (Lipinski definition) is 4. The van der Waals surface area contributed by atoms with Crippen LogP contribution in [0, 0.1) is 5.92 Å². The molecule has 34 heavy (non-hydrogen) atoms. The number of methoxy groups -OCH3 is 1. The standard InChI is InChI=1S/C28H31ClN2O3/c1-33-26-10-6-5-9-25(26)27(21-11-13-23(29)14-12-21)31(28(32)22-15-17-30-18-16-22)19-20-34-24-7-3-2-4-8-24/h2-14,22,27,30H,15-20H2,1H3/t27-/m0/s1. The highest BCUT2D eigenvalue weighted by Crippen LogP contribution is 2.36. The molecule has 0 aromatic heterocycles. The number of carbonyl (C=O) groups is 1. The highest BCUT2D eigenvalue weighted by Gasteiger charge is 2.33. The third-order valence-corrected chi connectivity index (χ3v) is 6.50. The molecule has 1 aliphatic heterocycles. The molecular formula is C28H31ClN2O3. The summed E-state index contributed by atoms with van der Waals surface area (Å²) in [6.07, 6.45) is 1.66. The van der Waals surface area contributed by atoms with Gasteiger partial charge in [0.15, 0.2) is 0 Å². The molecule has 1 amide bonds. The van der Waals surface area contributed by atoms with E-state index >= 15 is 0 Å². The van der Waals surface area contributed by atoms with Crippen molar-refractivity contribution in [3.8, 4) is 11.5 Å². The highest BCUT2D eigenvalue weighted by atomic mass is 35.5. The van der Waals surface area contributed by atoms with E-state index in [1.807, 2.05) is 83.8 Å². The minimum atomic E-state index is -0.324. The monoisotopic (exact) mass is 478 g/mol. The summed E-state index contributed by atoms with van der Waals surface area (Å²) in [7, 11) is 1.66. The number of rotatable bonds is 9. The van der Waals surface area contributed by atoms with Crippen molar-refractivity contribution in [1.29, 1.82) is 0 Å². The Balaban J connectivity index is 1.71. The number of nitrogens with zero attached hydrogens (tertiary/aromatic N) is 1. The lowest BCUT2D eigenvalue weighted by Gasteiger charge is -2.36. The van der Waals surface area contributed by atoms with Gasteiger partial charge in [0, 0.05) is 16.5 Å². The van der Waals surface area contributed by atoms with E-state index in [-0.39, 0.29) is 17.9 Å². The van der Waals surface area contributed by atoms with E-state index in [1.165, 1.54) is 0 Å². The van der Waals surface area contributed by atoms with Crippen molar-refractivity contribution < 1.29 is 14.3 Å². The number of halogens is 1. The van der Waals surface area contributed by atoms with E-state index in [1.54, 1.807) is 7.11 Å². The lowest BCUT2D eigenvalue weighted by Crippen LogP contribution is -2.44. The molecule has 0 radical (unpaired) electrons. The number of amides is 1. The lowest BCUT2D eigenvalue weighted by molar-refractivity contribution is -0.138. The van der Waals surface area contributed by atoms with Crippen molar-refractivity contribution in [2.75, 3.05) is 33.4 Å². The van der Waals surface area contributed by atoms with Gasteiger partial charge in [-0.05, 0) is 61.8 Å².